The number of amides is 2. The zero-order valence-corrected chi connectivity index (χ0v) is 36.7. The van der Waals surface area contributed by atoms with Gasteiger partial charge in [0.15, 0.2) is 17.3 Å². The van der Waals surface area contributed by atoms with Gasteiger partial charge in [-0.2, -0.15) is 0 Å². The Morgan fingerprint density at radius 3 is 2.32 bits per heavy atom. The summed E-state index contributed by atoms with van der Waals surface area (Å²) in [4.78, 5) is 45.5. The first-order chi connectivity index (χ1) is 26.7. The van der Waals surface area contributed by atoms with Crippen LogP contribution in [-0.2, 0) is 41.7 Å². The van der Waals surface area contributed by atoms with Crippen LogP contribution in [0.2, 0.25) is 0 Å². The molecule has 0 radical (unpaired) electrons. The van der Waals surface area contributed by atoms with Crippen molar-refractivity contribution in [3.05, 3.63) is 106 Å². The van der Waals surface area contributed by atoms with Crippen molar-refractivity contribution in [2.75, 3.05) is 42.3 Å². The van der Waals surface area contributed by atoms with E-state index in [2.05, 4.69) is 68.6 Å². The van der Waals surface area contributed by atoms with Crippen molar-refractivity contribution in [1.29, 1.82) is 0 Å². The van der Waals surface area contributed by atoms with Gasteiger partial charge in [-0.25, -0.2) is 13.1 Å². The predicted octanol–water partition coefficient (Wildman–Crippen LogP) is 7.73. The first-order valence-electron chi connectivity index (χ1n) is 19.7. The van der Waals surface area contributed by atoms with E-state index in [0.717, 1.165) is 46.4 Å². The lowest BCUT2D eigenvalue weighted by Crippen LogP contribution is -2.55. The number of aryl methyl sites for hydroxylation is 1. The van der Waals surface area contributed by atoms with Crippen LogP contribution in [0.5, 0.6) is 5.75 Å². The van der Waals surface area contributed by atoms with Gasteiger partial charge in [0.2, 0.25) is 15.9 Å². The third-order valence-corrected chi connectivity index (χ3v) is 13.6. The number of carbonyl (C=O) groups excluding carboxylic acids is 3. The molecular formula is C45H58N4O6S2. The van der Waals surface area contributed by atoms with Crippen molar-refractivity contribution < 1.29 is 27.5 Å². The molecule has 0 saturated carbocycles. The third kappa shape index (κ3) is 9.67. The van der Waals surface area contributed by atoms with Crippen LogP contribution in [-0.4, -0.2) is 63.4 Å². The van der Waals surface area contributed by atoms with E-state index >= 15 is 0 Å². The van der Waals surface area contributed by atoms with E-state index in [1.165, 1.54) is 23.4 Å². The maximum absolute atomic E-state index is 14.7. The van der Waals surface area contributed by atoms with Crippen LogP contribution in [0.1, 0.15) is 90.5 Å². The van der Waals surface area contributed by atoms with Gasteiger partial charge < -0.3 is 15.0 Å². The van der Waals surface area contributed by atoms with Crippen molar-refractivity contribution in [3.63, 3.8) is 0 Å². The summed E-state index contributed by atoms with van der Waals surface area (Å²) in [6.07, 6.45) is 6.30. The SMILES string of the molecule is CCN(CCNS(C)(=O)=O)c1ccc(N2C(=O)Cc3ccccc3SC23C=C(C)C(=O)C=C3NC(=O)COc2ccc(C(C)(C)CC)cc2C(C)(C)CC)c(C)c1. The average Bonchev–Trinajstić information content (AvgIpc) is 3.27. The van der Waals surface area contributed by atoms with Gasteiger partial charge in [0.25, 0.3) is 5.91 Å². The van der Waals surface area contributed by atoms with Crippen LogP contribution in [0.4, 0.5) is 11.4 Å². The summed E-state index contributed by atoms with van der Waals surface area (Å²) >= 11 is 1.41. The molecule has 0 fully saturated rings. The Bertz CT molecular complexity index is 2210. The second-order valence-electron chi connectivity index (χ2n) is 16.3. The van der Waals surface area contributed by atoms with Crippen LogP contribution in [0, 0.1) is 6.92 Å². The summed E-state index contributed by atoms with van der Waals surface area (Å²) < 4.78 is 32.3. The zero-order valence-electron chi connectivity index (χ0n) is 35.0. The fraction of sp³-hybridized carbons (Fsp3) is 0.444. The fourth-order valence-corrected chi connectivity index (χ4v) is 9.10. The molecule has 12 heteroatoms. The average molecular weight is 815 g/mol. The van der Waals surface area contributed by atoms with Crippen LogP contribution >= 0.6 is 11.8 Å². The van der Waals surface area contributed by atoms with Gasteiger partial charge in [0.1, 0.15) is 5.75 Å². The molecule has 1 aliphatic heterocycles. The maximum atomic E-state index is 14.7. The molecule has 1 atom stereocenters. The molecule has 2 aliphatic rings. The molecule has 57 heavy (non-hydrogen) atoms. The first kappa shape index (κ1) is 43.7. The van der Waals surface area contributed by atoms with E-state index in [-0.39, 0.29) is 47.8 Å². The van der Waals surface area contributed by atoms with E-state index in [9.17, 15) is 22.8 Å². The number of carbonyl (C=O) groups is 3. The highest BCUT2D eigenvalue weighted by molar-refractivity contribution is 8.01. The van der Waals surface area contributed by atoms with Crippen molar-refractivity contribution in [3.8, 4) is 5.75 Å². The molecule has 0 saturated heterocycles. The number of fused-ring (bicyclic) bond motifs is 1. The fourth-order valence-electron chi connectivity index (χ4n) is 7.14. The molecule has 1 unspecified atom stereocenters. The number of anilines is 2. The molecule has 306 valence electrons. The van der Waals surface area contributed by atoms with Gasteiger partial charge in [0.05, 0.1) is 18.4 Å². The number of hydrogen-bond donors (Lipinski definition) is 2. The standard InChI is InChI=1S/C45H58N4O6S2/c1-11-43(6,7)33-18-21-38(35(26-33)44(8,9)12-2)55-29-41(51)47-40-27-37(50)31(5)28-45(40)49(42(52)25-32-16-14-15-17-39(32)56-45)36-20-19-34(24-30(36)4)48(13-3)23-22-46-57(10,53)54/h14-21,24,26-28,46H,11-13,22-23,25,29H2,1-10H3,(H,47,51). The largest absolute Gasteiger partial charge is 0.483 e. The number of ketones is 1. The summed E-state index contributed by atoms with van der Waals surface area (Å²) in [5.41, 5.74) is 5.82. The molecule has 3 aromatic rings. The monoisotopic (exact) mass is 814 g/mol. The summed E-state index contributed by atoms with van der Waals surface area (Å²) in [6.45, 7) is 19.8. The molecule has 10 nitrogen and oxygen atoms in total. The number of ether oxygens (including phenoxy) is 1. The van der Waals surface area contributed by atoms with Gasteiger partial charge in [-0.1, -0.05) is 83.6 Å². The molecule has 5 rings (SSSR count). The van der Waals surface area contributed by atoms with Crippen molar-refractivity contribution >= 4 is 50.8 Å². The summed E-state index contributed by atoms with van der Waals surface area (Å²) in [7, 11) is -3.34. The van der Waals surface area contributed by atoms with E-state index < -0.39 is 20.8 Å². The lowest BCUT2D eigenvalue weighted by molar-refractivity contribution is -0.123. The van der Waals surface area contributed by atoms with E-state index in [0.29, 0.717) is 30.1 Å². The number of likely N-dealkylation sites (N-methyl/N-ethyl adjacent to an activating group) is 1. The molecule has 1 aliphatic carbocycles. The Balaban J connectivity index is 1.53. The maximum Gasteiger partial charge on any atom is 0.262 e. The Morgan fingerprint density at radius 2 is 1.67 bits per heavy atom. The quantitative estimate of drug-likeness (QED) is 0.160. The van der Waals surface area contributed by atoms with Crippen molar-refractivity contribution in [1.82, 2.24) is 10.0 Å². The lowest BCUT2D eigenvalue weighted by Gasteiger charge is -2.44. The van der Waals surface area contributed by atoms with E-state index in [4.69, 9.17) is 4.74 Å². The van der Waals surface area contributed by atoms with E-state index in [1.807, 2.05) is 62.4 Å². The van der Waals surface area contributed by atoms with Crippen LogP contribution < -0.4 is 24.6 Å². The normalized spacial score (nSPS) is 17.5. The minimum atomic E-state index is -3.34. The van der Waals surface area contributed by atoms with Crippen molar-refractivity contribution in [2.45, 2.75) is 102 Å². The Morgan fingerprint density at radius 1 is 0.965 bits per heavy atom. The highest BCUT2D eigenvalue weighted by Gasteiger charge is 2.49. The van der Waals surface area contributed by atoms with Crippen LogP contribution in [0.15, 0.2) is 89.0 Å². The number of sulfonamides is 1. The Hall–Kier alpha value is -4.39. The highest BCUT2D eigenvalue weighted by Crippen LogP contribution is 2.50. The summed E-state index contributed by atoms with van der Waals surface area (Å²) in [6, 6.07) is 19.7. The van der Waals surface area contributed by atoms with Crippen LogP contribution in [0.3, 0.4) is 0 Å². The Kier molecular flexibility index (Phi) is 13.2. The molecule has 0 aromatic heterocycles. The smallest absolute Gasteiger partial charge is 0.262 e. The molecule has 2 N–H and O–H groups in total. The lowest BCUT2D eigenvalue weighted by atomic mass is 9.76. The van der Waals surface area contributed by atoms with Gasteiger partial charge in [-0.05, 0) is 103 Å². The molecule has 1 heterocycles. The number of rotatable bonds is 15. The minimum Gasteiger partial charge on any atom is -0.483 e. The van der Waals surface area contributed by atoms with Gasteiger partial charge in [-0.3, -0.25) is 19.3 Å². The number of nitrogens with one attached hydrogen (secondary N) is 2. The molecular weight excluding hydrogens is 757 g/mol. The van der Waals surface area contributed by atoms with E-state index in [1.54, 1.807) is 17.9 Å². The second-order valence-corrected chi connectivity index (χ2v) is 19.4. The molecule has 0 bridgehead atoms. The molecule has 2 amide bonds. The van der Waals surface area contributed by atoms with Crippen molar-refractivity contribution in [2.24, 2.45) is 0 Å². The zero-order chi connectivity index (χ0) is 41.9. The second kappa shape index (κ2) is 17.2. The minimum absolute atomic E-state index is 0.0295. The Labute approximate surface area is 343 Å². The van der Waals surface area contributed by atoms with Gasteiger partial charge >= 0.3 is 0 Å². The predicted molar refractivity (Wildman–Crippen MR) is 232 cm³/mol. The number of thioether (sulfide) groups is 1. The molecule has 1 spiro atoms. The summed E-state index contributed by atoms with van der Waals surface area (Å²) in [5.74, 6) is -0.301. The van der Waals surface area contributed by atoms with Gasteiger partial charge in [-0.15, -0.1) is 0 Å². The molecule has 3 aromatic carbocycles. The third-order valence-electron chi connectivity index (χ3n) is 11.4. The number of hydrogen-bond acceptors (Lipinski definition) is 8. The number of nitrogens with zero attached hydrogens (tertiary/aromatic N) is 2. The summed E-state index contributed by atoms with van der Waals surface area (Å²) in [5, 5.41) is 3.04. The van der Waals surface area contributed by atoms with Gasteiger partial charge in [0, 0.05) is 47.5 Å². The van der Waals surface area contributed by atoms with Crippen LogP contribution in [0.25, 0.3) is 0 Å². The number of benzene rings is 3. The topological polar surface area (TPSA) is 125 Å². The highest BCUT2D eigenvalue weighted by atomic mass is 32.2. The first-order valence-corrected chi connectivity index (χ1v) is 22.4. The number of allylic oxidation sites excluding steroid dienone is 2.